The van der Waals surface area contributed by atoms with Crippen LogP contribution in [0.2, 0.25) is 0 Å². The number of carbonyl (C=O) groups excluding carboxylic acids is 1. The number of nitrogens with zero attached hydrogens (tertiary/aromatic N) is 2. The number of aromatic nitrogens is 2. The molecule has 1 fully saturated rings. The minimum absolute atomic E-state index is 0.0550. The Bertz CT molecular complexity index is 1030. The van der Waals surface area contributed by atoms with E-state index in [1.54, 1.807) is 6.26 Å². The Morgan fingerprint density at radius 3 is 2.65 bits per heavy atom. The molecule has 160 valence electrons. The molecule has 0 bridgehead atoms. The van der Waals surface area contributed by atoms with E-state index in [4.69, 9.17) is 19.1 Å². The van der Waals surface area contributed by atoms with E-state index < -0.39 is 0 Å². The maximum absolute atomic E-state index is 12.8. The predicted octanol–water partition coefficient (Wildman–Crippen LogP) is 4.34. The highest BCUT2D eigenvalue weighted by Gasteiger charge is 2.28. The van der Waals surface area contributed by atoms with Crippen LogP contribution >= 0.6 is 0 Å². The molecule has 6 nitrogen and oxygen atoms in total. The number of amides is 1. The quantitative estimate of drug-likeness (QED) is 0.579. The number of aryl methyl sites for hydroxylation is 1. The Labute approximate surface area is 182 Å². The molecule has 31 heavy (non-hydrogen) atoms. The van der Waals surface area contributed by atoms with Gasteiger partial charge in [-0.05, 0) is 56.6 Å². The molecule has 1 saturated carbocycles. The molecule has 0 saturated heterocycles. The van der Waals surface area contributed by atoms with Crippen molar-refractivity contribution in [2.24, 2.45) is 11.8 Å². The highest BCUT2D eigenvalue weighted by molar-refractivity contribution is 5.78. The van der Waals surface area contributed by atoms with Crippen LogP contribution in [0.3, 0.4) is 0 Å². The fraction of sp³-hybridized carbons (Fsp3) is 0.400. The number of ether oxygens (including phenoxy) is 1. The van der Waals surface area contributed by atoms with Crippen LogP contribution in [0.4, 0.5) is 0 Å². The van der Waals surface area contributed by atoms with Crippen LogP contribution in [0.1, 0.15) is 42.7 Å². The van der Waals surface area contributed by atoms with Gasteiger partial charge in [-0.15, -0.1) is 0 Å². The first kappa shape index (κ1) is 19.8. The summed E-state index contributed by atoms with van der Waals surface area (Å²) in [6.45, 7) is 1.13. The van der Waals surface area contributed by atoms with Crippen molar-refractivity contribution in [1.82, 2.24) is 15.3 Å². The molecule has 1 N–H and O–H groups in total. The van der Waals surface area contributed by atoms with Crippen molar-refractivity contribution in [2.45, 2.75) is 45.1 Å². The summed E-state index contributed by atoms with van der Waals surface area (Å²) in [5.41, 5.74) is 3.07. The molecule has 0 aliphatic heterocycles. The minimum Gasteiger partial charge on any atom is -0.477 e. The second-order valence-electron chi connectivity index (χ2n) is 8.47. The summed E-state index contributed by atoms with van der Waals surface area (Å²) in [6.07, 6.45) is 7.12. The zero-order chi connectivity index (χ0) is 21.0. The van der Waals surface area contributed by atoms with Gasteiger partial charge in [0.1, 0.15) is 5.76 Å². The third kappa shape index (κ3) is 4.79. The van der Waals surface area contributed by atoms with Crippen LogP contribution in [-0.4, -0.2) is 22.5 Å². The van der Waals surface area contributed by atoms with Gasteiger partial charge in [0.25, 0.3) is 0 Å². The smallest absolute Gasteiger partial charge is 0.223 e. The first-order valence-electron chi connectivity index (χ1n) is 11.1. The van der Waals surface area contributed by atoms with Crippen LogP contribution in [0.5, 0.6) is 5.88 Å². The predicted molar refractivity (Wildman–Crippen MR) is 116 cm³/mol. The molecule has 2 aliphatic carbocycles. The molecular weight excluding hydrogens is 390 g/mol. The maximum atomic E-state index is 12.8. The zero-order valence-electron chi connectivity index (χ0n) is 17.5. The number of fused-ring (bicyclic) bond motifs is 1. The van der Waals surface area contributed by atoms with E-state index in [9.17, 15) is 4.79 Å². The normalized spacial score (nSPS) is 18.1. The van der Waals surface area contributed by atoms with Crippen LogP contribution in [-0.2, 0) is 24.2 Å². The van der Waals surface area contributed by atoms with E-state index in [-0.39, 0.29) is 11.8 Å². The number of rotatable bonds is 7. The minimum atomic E-state index is -0.0550. The second-order valence-corrected chi connectivity index (χ2v) is 8.47. The average Bonchev–Trinajstić information content (AvgIpc) is 3.54. The summed E-state index contributed by atoms with van der Waals surface area (Å²) in [5.74, 6) is 2.83. The number of furan rings is 1. The highest BCUT2D eigenvalue weighted by Crippen LogP contribution is 2.34. The summed E-state index contributed by atoms with van der Waals surface area (Å²) in [5, 5.41) is 3.01. The van der Waals surface area contributed by atoms with Gasteiger partial charge in [0, 0.05) is 17.0 Å². The Morgan fingerprint density at radius 1 is 1.03 bits per heavy atom. The van der Waals surface area contributed by atoms with Crippen LogP contribution in [0.25, 0.3) is 11.4 Å². The van der Waals surface area contributed by atoms with E-state index in [0.717, 1.165) is 48.3 Å². The molecule has 0 spiro atoms. The Hall–Kier alpha value is -3.15. The van der Waals surface area contributed by atoms with Gasteiger partial charge in [-0.3, -0.25) is 4.79 Å². The van der Waals surface area contributed by atoms with E-state index in [1.807, 2.05) is 42.5 Å². The number of nitrogens with one attached hydrogen (secondary N) is 1. The number of hydrogen-bond donors (Lipinski definition) is 1. The summed E-state index contributed by atoms with van der Waals surface area (Å²) >= 11 is 0. The second kappa shape index (κ2) is 8.92. The van der Waals surface area contributed by atoms with Crippen LogP contribution < -0.4 is 10.1 Å². The Morgan fingerprint density at radius 2 is 1.87 bits per heavy atom. The van der Waals surface area contributed by atoms with Gasteiger partial charge in [-0.1, -0.05) is 30.3 Å². The topological polar surface area (TPSA) is 77.3 Å². The van der Waals surface area contributed by atoms with Gasteiger partial charge in [-0.2, -0.15) is 4.98 Å². The third-order valence-corrected chi connectivity index (χ3v) is 6.10. The van der Waals surface area contributed by atoms with Gasteiger partial charge in [0.2, 0.25) is 11.8 Å². The zero-order valence-corrected chi connectivity index (χ0v) is 17.5. The molecule has 2 aromatic heterocycles. The monoisotopic (exact) mass is 417 g/mol. The van der Waals surface area contributed by atoms with Crippen molar-refractivity contribution in [3.05, 3.63) is 65.7 Å². The molecule has 2 heterocycles. The SMILES string of the molecule is O=C(NCc1ccco1)C1CCc2nc(-c3ccccc3)nc(OCC3CC3)c2CC1. The average molecular weight is 418 g/mol. The molecule has 6 heteroatoms. The van der Waals surface area contributed by atoms with Crippen molar-refractivity contribution in [3.8, 4) is 17.3 Å². The largest absolute Gasteiger partial charge is 0.477 e. The number of hydrogen-bond acceptors (Lipinski definition) is 5. The van der Waals surface area contributed by atoms with Crippen molar-refractivity contribution in [1.29, 1.82) is 0 Å². The van der Waals surface area contributed by atoms with Gasteiger partial charge in [0.05, 0.1) is 25.1 Å². The van der Waals surface area contributed by atoms with Gasteiger partial charge in [0.15, 0.2) is 5.82 Å². The lowest BCUT2D eigenvalue weighted by atomic mass is 9.99. The van der Waals surface area contributed by atoms with E-state index in [0.29, 0.717) is 30.8 Å². The fourth-order valence-electron chi connectivity index (χ4n) is 4.05. The first-order valence-corrected chi connectivity index (χ1v) is 11.1. The lowest BCUT2D eigenvalue weighted by Crippen LogP contribution is -2.30. The summed E-state index contributed by atoms with van der Waals surface area (Å²) < 4.78 is 11.5. The maximum Gasteiger partial charge on any atom is 0.223 e. The van der Waals surface area contributed by atoms with Gasteiger partial charge in [-0.25, -0.2) is 4.98 Å². The molecule has 1 unspecified atom stereocenters. The summed E-state index contributed by atoms with van der Waals surface area (Å²) in [4.78, 5) is 22.5. The highest BCUT2D eigenvalue weighted by atomic mass is 16.5. The lowest BCUT2D eigenvalue weighted by Gasteiger charge is -2.14. The molecule has 2 aliphatic rings. The third-order valence-electron chi connectivity index (χ3n) is 6.10. The summed E-state index contributed by atoms with van der Waals surface area (Å²) in [6, 6.07) is 13.7. The van der Waals surface area contributed by atoms with E-state index in [2.05, 4.69) is 5.32 Å². The van der Waals surface area contributed by atoms with Crippen molar-refractivity contribution >= 4 is 5.91 Å². The number of carbonyl (C=O) groups is 1. The van der Waals surface area contributed by atoms with Gasteiger partial charge >= 0.3 is 0 Å². The molecular formula is C25H27N3O3. The summed E-state index contributed by atoms with van der Waals surface area (Å²) in [7, 11) is 0. The van der Waals surface area contributed by atoms with Gasteiger partial charge < -0.3 is 14.5 Å². The molecule has 1 aromatic carbocycles. The van der Waals surface area contributed by atoms with Crippen molar-refractivity contribution < 1.29 is 13.9 Å². The van der Waals surface area contributed by atoms with E-state index >= 15 is 0 Å². The lowest BCUT2D eigenvalue weighted by molar-refractivity contribution is -0.125. The van der Waals surface area contributed by atoms with E-state index in [1.165, 1.54) is 12.8 Å². The Balaban J connectivity index is 1.34. The van der Waals surface area contributed by atoms with Crippen molar-refractivity contribution in [3.63, 3.8) is 0 Å². The molecule has 5 rings (SSSR count). The Kier molecular flexibility index (Phi) is 5.69. The molecule has 3 aromatic rings. The van der Waals surface area contributed by atoms with Crippen molar-refractivity contribution in [2.75, 3.05) is 6.61 Å². The standard InChI is InChI=1S/C25H27N3O3/c29-24(26-15-20-7-4-14-30-20)19-10-12-21-22(13-11-19)27-23(18-5-2-1-3-6-18)28-25(21)31-16-17-8-9-17/h1-7,14,17,19H,8-13,15-16H2,(H,26,29). The number of benzene rings is 1. The first-order chi connectivity index (χ1) is 15.3. The molecule has 1 atom stereocenters. The molecule has 1 amide bonds. The molecule has 0 radical (unpaired) electrons. The van der Waals surface area contributed by atoms with Crippen LogP contribution in [0.15, 0.2) is 53.1 Å². The van der Waals surface area contributed by atoms with Crippen LogP contribution in [0, 0.1) is 11.8 Å². The fourth-order valence-corrected chi connectivity index (χ4v) is 4.05.